The van der Waals surface area contributed by atoms with Gasteiger partial charge < -0.3 is 9.47 Å². The molecule has 0 saturated carbocycles. The number of ether oxygens (including phenoxy) is 2. The van der Waals surface area contributed by atoms with E-state index in [1.165, 1.54) is 18.2 Å². The van der Waals surface area contributed by atoms with E-state index in [-0.39, 0.29) is 12.4 Å². The summed E-state index contributed by atoms with van der Waals surface area (Å²) in [5, 5.41) is 8.66. The summed E-state index contributed by atoms with van der Waals surface area (Å²) in [5.74, 6) is -0.351. The fourth-order valence-corrected chi connectivity index (χ4v) is 1.20. The van der Waals surface area contributed by atoms with Gasteiger partial charge in [0.25, 0.3) is 0 Å². The summed E-state index contributed by atoms with van der Waals surface area (Å²) in [5.41, 5.74) is 0.834. The molecule has 0 fully saturated rings. The van der Waals surface area contributed by atoms with Crippen LogP contribution in [-0.4, -0.2) is 19.8 Å². The van der Waals surface area contributed by atoms with Crippen molar-refractivity contribution in [1.82, 2.24) is 0 Å². The van der Waals surface area contributed by atoms with Crippen LogP contribution in [0.1, 0.15) is 18.1 Å². The lowest BCUT2D eigenvalue weighted by Gasteiger charge is -2.05. The minimum Gasteiger partial charge on any atom is -0.379 e. The number of nitrogens with zero attached hydrogens (tertiary/aromatic N) is 1. The number of halogens is 1. The lowest BCUT2D eigenvalue weighted by molar-refractivity contribution is 0.0443. The van der Waals surface area contributed by atoms with E-state index in [4.69, 9.17) is 14.7 Å². The minimum atomic E-state index is -0.351. The summed E-state index contributed by atoms with van der Waals surface area (Å²) >= 11 is 0. The summed E-state index contributed by atoms with van der Waals surface area (Å²) in [6.07, 6.45) is 0. The van der Waals surface area contributed by atoms with Crippen LogP contribution in [0.25, 0.3) is 0 Å². The third-order valence-electron chi connectivity index (χ3n) is 2.01. The third kappa shape index (κ3) is 3.97. The summed E-state index contributed by atoms with van der Waals surface area (Å²) in [6, 6.07) is 6.18. The highest BCUT2D eigenvalue weighted by atomic mass is 19.1. The van der Waals surface area contributed by atoms with E-state index in [0.717, 1.165) is 0 Å². The van der Waals surface area contributed by atoms with Crippen LogP contribution in [0.4, 0.5) is 4.39 Å². The minimum absolute atomic E-state index is 0.161. The average molecular weight is 223 g/mol. The van der Waals surface area contributed by atoms with Gasteiger partial charge in [-0.25, -0.2) is 4.39 Å². The van der Waals surface area contributed by atoms with E-state index in [2.05, 4.69) is 0 Å². The zero-order chi connectivity index (χ0) is 11.8. The van der Waals surface area contributed by atoms with Crippen LogP contribution in [0.2, 0.25) is 0 Å². The molecule has 1 rings (SSSR count). The number of benzene rings is 1. The molecule has 0 saturated heterocycles. The standard InChI is InChI=1S/C12H14FNO2/c1-2-15-5-6-16-9-11-7-10(8-14)3-4-12(11)13/h3-4,7H,2,5-6,9H2,1H3. The van der Waals surface area contributed by atoms with E-state index < -0.39 is 0 Å². The molecule has 0 radical (unpaired) electrons. The SMILES string of the molecule is CCOCCOCc1cc(C#N)ccc1F. The summed E-state index contributed by atoms with van der Waals surface area (Å²) in [4.78, 5) is 0. The fraction of sp³-hybridized carbons (Fsp3) is 0.417. The van der Waals surface area contributed by atoms with E-state index in [1.807, 2.05) is 13.0 Å². The average Bonchev–Trinajstić information content (AvgIpc) is 2.31. The summed E-state index contributed by atoms with van der Waals surface area (Å²) in [7, 11) is 0. The lowest BCUT2D eigenvalue weighted by Crippen LogP contribution is -2.05. The second kappa shape index (κ2) is 6.94. The topological polar surface area (TPSA) is 42.2 Å². The Kier molecular flexibility index (Phi) is 5.48. The predicted octanol–water partition coefficient (Wildman–Crippen LogP) is 2.25. The molecule has 0 aliphatic heterocycles. The Morgan fingerprint density at radius 1 is 1.31 bits per heavy atom. The summed E-state index contributed by atoms with van der Waals surface area (Å²) in [6.45, 7) is 3.62. The van der Waals surface area contributed by atoms with E-state index in [9.17, 15) is 4.39 Å². The molecule has 0 aromatic heterocycles. The van der Waals surface area contributed by atoms with Gasteiger partial charge in [-0.1, -0.05) is 0 Å². The first-order valence-electron chi connectivity index (χ1n) is 5.12. The van der Waals surface area contributed by atoms with E-state index in [1.54, 1.807) is 0 Å². The molecule has 0 heterocycles. The van der Waals surface area contributed by atoms with Gasteiger partial charge in [-0.05, 0) is 25.1 Å². The molecule has 86 valence electrons. The Morgan fingerprint density at radius 3 is 2.75 bits per heavy atom. The maximum Gasteiger partial charge on any atom is 0.128 e. The smallest absolute Gasteiger partial charge is 0.128 e. The third-order valence-corrected chi connectivity index (χ3v) is 2.01. The highest BCUT2D eigenvalue weighted by Gasteiger charge is 2.03. The van der Waals surface area contributed by atoms with Crippen LogP contribution in [0, 0.1) is 17.1 Å². The first-order valence-corrected chi connectivity index (χ1v) is 5.12. The van der Waals surface area contributed by atoms with E-state index >= 15 is 0 Å². The largest absolute Gasteiger partial charge is 0.379 e. The van der Waals surface area contributed by atoms with Gasteiger partial charge in [-0.2, -0.15) is 5.26 Å². The molecular weight excluding hydrogens is 209 g/mol. The Hall–Kier alpha value is -1.44. The van der Waals surface area contributed by atoms with Crippen molar-refractivity contribution in [3.05, 3.63) is 35.1 Å². The van der Waals surface area contributed by atoms with Crippen molar-refractivity contribution >= 4 is 0 Å². The molecule has 0 bridgehead atoms. The Balaban J connectivity index is 2.44. The molecular formula is C12H14FNO2. The number of hydrogen-bond acceptors (Lipinski definition) is 3. The molecule has 4 heteroatoms. The van der Waals surface area contributed by atoms with Crippen molar-refractivity contribution in [3.63, 3.8) is 0 Å². The highest BCUT2D eigenvalue weighted by Crippen LogP contribution is 2.11. The lowest BCUT2D eigenvalue weighted by atomic mass is 10.1. The highest BCUT2D eigenvalue weighted by molar-refractivity contribution is 5.33. The molecule has 0 unspecified atom stereocenters. The van der Waals surface area contributed by atoms with Crippen molar-refractivity contribution in [2.45, 2.75) is 13.5 Å². The van der Waals surface area contributed by atoms with Gasteiger partial charge in [-0.15, -0.1) is 0 Å². The van der Waals surface area contributed by atoms with Crippen LogP contribution in [0.3, 0.4) is 0 Å². The van der Waals surface area contributed by atoms with Crippen LogP contribution < -0.4 is 0 Å². The maximum atomic E-state index is 13.3. The van der Waals surface area contributed by atoms with Crippen LogP contribution >= 0.6 is 0 Å². The van der Waals surface area contributed by atoms with Gasteiger partial charge in [0.15, 0.2) is 0 Å². The zero-order valence-corrected chi connectivity index (χ0v) is 9.20. The molecule has 1 aromatic rings. The molecule has 1 aromatic carbocycles. The normalized spacial score (nSPS) is 10.1. The number of rotatable bonds is 6. The Labute approximate surface area is 94.4 Å². The summed E-state index contributed by atoms with van der Waals surface area (Å²) < 4.78 is 23.6. The molecule has 3 nitrogen and oxygen atoms in total. The van der Waals surface area contributed by atoms with Crippen molar-refractivity contribution < 1.29 is 13.9 Å². The first kappa shape index (κ1) is 12.6. The fourth-order valence-electron chi connectivity index (χ4n) is 1.20. The van der Waals surface area contributed by atoms with Gasteiger partial charge in [0.2, 0.25) is 0 Å². The zero-order valence-electron chi connectivity index (χ0n) is 9.20. The second-order valence-corrected chi connectivity index (χ2v) is 3.17. The van der Waals surface area contributed by atoms with Crippen LogP contribution in [0.5, 0.6) is 0 Å². The Morgan fingerprint density at radius 2 is 2.06 bits per heavy atom. The van der Waals surface area contributed by atoms with Gasteiger partial charge in [0.05, 0.1) is 31.5 Å². The molecule has 0 spiro atoms. The van der Waals surface area contributed by atoms with Gasteiger partial charge >= 0.3 is 0 Å². The predicted molar refractivity (Wildman–Crippen MR) is 57.3 cm³/mol. The van der Waals surface area contributed by atoms with Gasteiger partial charge in [0.1, 0.15) is 5.82 Å². The van der Waals surface area contributed by atoms with Crippen molar-refractivity contribution in [2.24, 2.45) is 0 Å². The van der Waals surface area contributed by atoms with E-state index in [0.29, 0.717) is 30.9 Å². The first-order chi connectivity index (χ1) is 7.77. The van der Waals surface area contributed by atoms with Gasteiger partial charge in [0, 0.05) is 12.2 Å². The van der Waals surface area contributed by atoms with Crippen molar-refractivity contribution in [3.8, 4) is 6.07 Å². The molecule has 0 aliphatic rings. The number of hydrogen-bond donors (Lipinski definition) is 0. The molecule has 16 heavy (non-hydrogen) atoms. The van der Waals surface area contributed by atoms with Crippen molar-refractivity contribution in [1.29, 1.82) is 5.26 Å². The van der Waals surface area contributed by atoms with Gasteiger partial charge in [-0.3, -0.25) is 0 Å². The maximum absolute atomic E-state index is 13.3. The number of nitriles is 1. The molecule has 0 N–H and O–H groups in total. The second-order valence-electron chi connectivity index (χ2n) is 3.17. The molecule has 0 aliphatic carbocycles. The molecule has 0 atom stereocenters. The quantitative estimate of drug-likeness (QED) is 0.694. The van der Waals surface area contributed by atoms with Crippen molar-refractivity contribution in [2.75, 3.05) is 19.8 Å². The Bertz CT molecular complexity index is 374. The monoisotopic (exact) mass is 223 g/mol. The van der Waals surface area contributed by atoms with Crippen LogP contribution in [-0.2, 0) is 16.1 Å². The molecule has 0 amide bonds. The van der Waals surface area contributed by atoms with Crippen LogP contribution in [0.15, 0.2) is 18.2 Å².